The topological polar surface area (TPSA) is 66.5 Å². The van der Waals surface area contributed by atoms with Crippen LogP contribution < -0.4 is 5.32 Å². The second kappa shape index (κ2) is 8.13. The van der Waals surface area contributed by atoms with Crippen molar-refractivity contribution in [1.29, 1.82) is 0 Å². The monoisotopic (exact) mass is 360 g/mol. The first-order valence-corrected chi connectivity index (χ1v) is 9.21. The van der Waals surface area contributed by atoms with E-state index in [0.29, 0.717) is 11.6 Å². The Morgan fingerprint density at radius 1 is 1.17 bits per heavy atom. The van der Waals surface area contributed by atoms with Crippen LogP contribution in [-0.4, -0.2) is 50.7 Å². The fourth-order valence-electron chi connectivity index (χ4n) is 2.61. The van der Waals surface area contributed by atoms with Gasteiger partial charge in [0.2, 0.25) is 0 Å². The Bertz CT molecular complexity index is 621. The Morgan fingerprint density at radius 3 is 2.13 bits per heavy atom. The molecule has 1 heterocycles. The highest BCUT2D eigenvalue weighted by molar-refractivity contribution is 7.92. The summed E-state index contributed by atoms with van der Waals surface area (Å²) in [6.45, 7) is 4.77. The van der Waals surface area contributed by atoms with E-state index in [4.69, 9.17) is 0 Å². The lowest BCUT2D eigenvalue weighted by molar-refractivity contribution is 0.0707. The van der Waals surface area contributed by atoms with E-state index in [-0.39, 0.29) is 23.2 Å². The average molecular weight is 361 g/mol. The number of amides is 1. The van der Waals surface area contributed by atoms with Crippen molar-refractivity contribution < 1.29 is 13.2 Å². The third-order valence-corrected chi connectivity index (χ3v) is 6.41. The van der Waals surface area contributed by atoms with E-state index >= 15 is 0 Å². The van der Waals surface area contributed by atoms with Gasteiger partial charge in [0.15, 0.2) is 9.84 Å². The van der Waals surface area contributed by atoms with Gasteiger partial charge in [0, 0.05) is 24.7 Å². The summed E-state index contributed by atoms with van der Waals surface area (Å²) < 4.78 is 24.2. The predicted octanol–water partition coefficient (Wildman–Crippen LogP) is 2.11. The molecule has 1 saturated heterocycles. The van der Waals surface area contributed by atoms with Gasteiger partial charge in [-0.2, -0.15) is 0 Å². The number of halogens is 1. The first-order chi connectivity index (χ1) is 10.4. The zero-order chi connectivity index (χ0) is 16.3. The number of carbonyl (C=O) groups excluding carboxylic acids is 1. The maximum absolute atomic E-state index is 12.4. The van der Waals surface area contributed by atoms with Crippen LogP contribution in [0, 0.1) is 0 Å². The zero-order valence-electron chi connectivity index (χ0n) is 13.8. The van der Waals surface area contributed by atoms with Gasteiger partial charge in [-0.25, -0.2) is 8.42 Å². The Morgan fingerprint density at radius 2 is 1.70 bits per heavy atom. The molecule has 0 saturated carbocycles. The molecular formula is C16H25ClN2O3S. The molecule has 23 heavy (non-hydrogen) atoms. The third-order valence-electron chi connectivity index (χ3n) is 4.24. The molecule has 0 aromatic heterocycles. The van der Waals surface area contributed by atoms with Crippen LogP contribution in [0.15, 0.2) is 29.2 Å². The maximum Gasteiger partial charge on any atom is 0.253 e. The van der Waals surface area contributed by atoms with Crippen molar-refractivity contribution in [3.63, 3.8) is 0 Å². The van der Waals surface area contributed by atoms with E-state index < -0.39 is 15.1 Å². The summed E-state index contributed by atoms with van der Waals surface area (Å²) in [6, 6.07) is 6.76. The predicted molar refractivity (Wildman–Crippen MR) is 94.0 cm³/mol. The van der Waals surface area contributed by atoms with E-state index in [1.807, 2.05) is 11.9 Å². The number of hydrogen-bond donors (Lipinski definition) is 1. The van der Waals surface area contributed by atoms with Crippen LogP contribution in [0.2, 0.25) is 0 Å². The summed E-state index contributed by atoms with van der Waals surface area (Å²) in [7, 11) is -1.35. The van der Waals surface area contributed by atoms with Crippen molar-refractivity contribution in [3.8, 4) is 0 Å². The van der Waals surface area contributed by atoms with Crippen molar-refractivity contribution in [2.45, 2.75) is 42.9 Å². The molecule has 0 bridgehead atoms. The number of benzene rings is 1. The summed E-state index contributed by atoms with van der Waals surface area (Å²) in [4.78, 5) is 14.6. The van der Waals surface area contributed by atoms with Gasteiger partial charge in [-0.15, -0.1) is 12.4 Å². The molecule has 1 N–H and O–H groups in total. The minimum atomic E-state index is -3.29. The number of likely N-dealkylation sites (tertiary alicyclic amines) is 1. The molecule has 0 unspecified atom stereocenters. The Hall–Kier alpha value is -1.11. The quantitative estimate of drug-likeness (QED) is 0.893. The van der Waals surface area contributed by atoms with E-state index in [9.17, 15) is 13.2 Å². The summed E-state index contributed by atoms with van der Waals surface area (Å²) in [6.07, 6.45) is 1.89. The zero-order valence-corrected chi connectivity index (χ0v) is 15.4. The van der Waals surface area contributed by atoms with Crippen molar-refractivity contribution in [2.24, 2.45) is 0 Å². The van der Waals surface area contributed by atoms with Crippen molar-refractivity contribution in [1.82, 2.24) is 10.2 Å². The van der Waals surface area contributed by atoms with Crippen molar-refractivity contribution in [2.75, 3.05) is 20.1 Å². The second-order valence-electron chi connectivity index (χ2n) is 5.97. The fourth-order valence-corrected chi connectivity index (χ4v) is 3.67. The lowest BCUT2D eigenvalue weighted by Crippen LogP contribution is -2.43. The number of rotatable bonds is 4. The molecule has 1 aromatic carbocycles. The van der Waals surface area contributed by atoms with Gasteiger partial charge in [0.1, 0.15) is 0 Å². The number of carbonyl (C=O) groups is 1. The molecule has 7 heteroatoms. The minimum Gasteiger partial charge on any atom is -0.339 e. The molecule has 130 valence electrons. The number of hydrogen-bond acceptors (Lipinski definition) is 4. The molecule has 0 aliphatic carbocycles. The van der Waals surface area contributed by atoms with E-state index in [1.165, 1.54) is 12.1 Å². The van der Waals surface area contributed by atoms with Crippen LogP contribution in [0.1, 0.15) is 37.0 Å². The highest BCUT2D eigenvalue weighted by atomic mass is 35.5. The van der Waals surface area contributed by atoms with Crippen molar-refractivity contribution >= 4 is 28.2 Å². The molecule has 1 fully saturated rings. The highest BCUT2D eigenvalue weighted by Gasteiger charge is 2.24. The third kappa shape index (κ3) is 4.46. The van der Waals surface area contributed by atoms with Crippen LogP contribution in [0.4, 0.5) is 0 Å². The van der Waals surface area contributed by atoms with Gasteiger partial charge in [-0.1, -0.05) is 0 Å². The van der Waals surface area contributed by atoms with Crippen molar-refractivity contribution in [3.05, 3.63) is 29.8 Å². The van der Waals surface area contributed by atoms with E-state index in [1.54, 1.807) is 26.0 Å². The fraction of sp³-hybridized carbons (Fsp3) is 0.562. The standard InChI is InChI=1S/C16H24N2O3S.ClH/c1-12(2)22(20,21)15-6-4-13(5-7-15)16(19)18-10-8-14(17-3)9-11-18;/h4-7,12,14,17H,8-11H2,1-3H3;1H. The van der Waals surface area contributed by atoms with E-state index in [2.05, 4.69) is 5.32 Å². The van der Waals surface area contributed by atoms with Crippen LogP contribution in [0.25, 0.3) is 0 Å². The molecule has 0 spiro atoms. The number of piperidine rings is 1. The smallest absolute Gasteiger partial charge is 0.253 e. The SMILES string of the molecule is CNC1CCN(C(=O)c2ccc(S(=O)(=O)C(C)C)cc2)CC1.Cl. The normalized spacial score (nSPS) is 16.3. The second-order valence-corrected chi connectivity index (χ2v) is 8.48. The Balaban J connectivity index is 0.00000264. The van der Waals surface area contributed by atoms with Gasteiger partial charge in [0.05, 0.1) is 10.1 Å². The van der Waals surface area contributed by atoms with Gasteiger partial charge in [-0.05, 0) is 58.0 Å². The van der Waals surface area contributed by atoms with Crippen LogP contribution in [-0.2, 0) is 9.84 Å². The van der Waals surface area contributed by atoms with Gasteiger partial charge >= 0.3 is 0 Å². The Kier molecular flexibility index (Phi) is 7.04. The summed E-state index contributed by atoms with van der Waals surface area (Å²) in [5, 5.41) is 2.77. The Labute approximate surface area is 144 Å². The van der Waals surface area contributed by atoms with Gasteiger partial charge < -0.3 is 10.2 Å². The van der Waals surface area contributed by atoms with Crippen LogP contribution in [0.3, 0.4) is 0 Å². The molecule has 1 aliphatic heterocycles. The molecule has 1 aromatic rings. The molecule has 0 atom stereocenters. The molecule has 1 amide bonds. The summed E-state index contributed by atoms with van der Waals surface area (Å²) in [5.41, 5.74) is 0.547. The van der Waals surface area contributed by atoms with Gasteiger partial charge in [0.25, 0.3) is 5.91 Å². The molecular weight excluding hydrogens is 336 g/mol. The van der Waals surface area contributed by atoms with E-state index in [0.717, 1.165) is 25.9 Å². The first kappa shape index (κ1) is 19.9. The first-order valence-electron chi connectivity index (χ1n) is 7.66. The van der Waals surface area contributed by atoms with Crippen LogP contribution >= 0.6 is 12.4 Å². The highest BCUT2D eigenvalue weighted by Crippen LogP contribution is 2.18. The minimum absolute atomic E-state index is 0. The average Bonchev–Trinajstić information content (AvgIpc) is 2.54. The number of nitrogens with zero attached hydrogens (tertiary/aromatic N) is 1. The lowest BCUT2D eigenvalue weighted by Gasteiger charge is -2.31. The summed E-state index contributed by atoms with van der Waals surface area (Å²) in [5.74, 6) is -0.0250. The van der Waals surface area contributed by atoms with Gasteiger partial charge in [-0.3, -0.25) is 4.79 Å². The lowest BCUT2D eigenvalue weighted by atomic mass is 10.0. The molecule has 2 rings (SSSR count). The number of nitrogens with one attached hydrogen (secondary N) is 1. The molecule has 0 radical (unpaired) electrons. The number of sulfone groups is 1. The van der Waals surface area contributed by atoms with Crippen LogP contribution in [0.5, 0.6) is 0 Å². The molecule has 5 nitrogen and oxygen atoms in total. The molecule has 1 aliphatic rings. The maximum atomic E-state index is 12.4. The largest absolute Gasteiger partial charge is 0.339 e. The summed E-state index contributed by atoms with van der Waals surface area (Å²) >= 11 is 0.